The molecule has 2 N–H and O–H groups in total. The van der Waals surface area contributed by atoms with Crippen LogP contribution in [0.3, 0.4) is 0 Å². The van der Waals surface area contributed by atoms with Crippen molar-refractivity contribution in [1.82, 2.24) is 9.88 Å². The van der Waals surface area contributed by atoms with E-state index in [-0.39, 0.29) is 12.0 Å². The van der Waals surface area contributed by atoms with Crippen LogP contribution in [0.2, 0.25) is 0 Å². The van der Waals surface area contributed by atoms with E-state index in [1.807, 2.05) is 18.7 Å². The summed E-state index contributed by atoms with van der Waals surface area (Å²) in [6, 6.07) is 3.33. The summed E-state index contributed by atoms with van der Waals surface area (Å²) in [5.41, 5.74) is 6.14. The van der Waals surface area contributed by atoms with Gasteiger partial charge in [-0.15, -0.1) is 0 Å². The molecule has 5 nitrogen and oxygen atoms in total. The molecule has 98 valence electrons. The van der Waals surface area contributed by atoms with Crippen molar-refractivity contribution in [2.24, 2.45) is 0 Å². The van der Waals surface area contributed by atoms with Gasteiger partial charge in [-0.05, 0) is 38.8 Å². The summed E-state index contributed by atoms with van der Waals surface area (Å²) in [5.74, 6) is 0.682. The average Bonchev–Trinajstić information content (AvgIpc) is 2.81. The summed E-state index contributed by atoms with van der Waals surface area (Å²) in [6.45, 7) is 5.42. The molecule has 2 heterocycles. The Morgan fingerprint density at radius 2 is 2.06 bits per heavy atom. The van der Waals surface area contributed by atoms with Gasteiger partial charge in [0.2, 0.25) is 5.88 Å². The normalized spacial score (nSPS) is 15.2. The molecule has 5 heteroatoms. The van der Waals surface area contributed by atoms with Gasteiger partial charge in [0.1, 0.15) is 11.4 Å². The highest BCUT2D eigenvalue weighted by molar-refractivity contribution is 5.96. The average molecular weight is 249 g/mol. The van der Waals surface area contributed by atoms with Gasteiger partial charge >= 0.3 is 0 Å². The van der Waals surface area contributed by atoms with Crippen LogP contribution in [0.15, 0.2) is 12.1 Å². The third-order valence-electron chi connectivity index (χ3n) is 2.85. The number of hydrogen-bond acceptors (Lipinski definition) is 4. The van der Waals surface area contributed by atoms with Crippen molar-refractivity contribution in [3.63, 3.8) is 0 Å². The number of anilines is 1. The molecule has 18 heavy (non-hydrogen) atoms. The molecular weight excluding hydrogens is 230 g/mol. The van der Waals surface area contributed by atoms with E-state index in [2.05, 4.69) is 4.98 Å². The number of aromatic nitrogens is 1. The Morgan fingerprint density at radius 1 is 1.39 bits per heavy atom. The molecule has 1 aliphatic rings. The minimum atomic E-state index is -0.0376. The van der Waals surface area contributed by atoms with E-state index in [4.69, 9.17) is 10.5 Å². The number of amides is 1. The van der Waals surface area contributed by atoms with Crippen molar-refractivity contribution in [3.8, 4) is 5.88 Å². The van der Waals surface area contributed by atoms with Gasteiger partial charge in [0.05, 0.1) is 6.10 Å². The maximum absolute atomic E-state index is 12.3. The summed E-state index contributed by atoms with van der Waals surface area (Å²) in [4.78, 5) is 18.3. The van der Waals surface area contributed by atoms with E-state index in [1.165, 1.54) is 0 Å². The summed E-state index contributed by atoms with van der Waals surface area (Å²) in [5, 5.41) is 0. The van der Waals surface area contributed by atoms with Crippen LogP contribution in [0.1, 0.15) is 37.0 Å². The first-order valence-corrected chi connectivity index (χ1v) is 6.30. The lowest BCUT2D eigenvalue weighted by Crippen LogP contribution is -2.28. The molecule has 0 saturated carbocycles. The smallest absolute Gasteiger partial charge is 0.259 e. The quantitative estimate of drug-likeness (QED) is 0.885. The monoisotopic (exact) mass is 249 g/mol. The first-order valence-electron chi connectivity index (χ1n) is 6.30. The van der Waals surface area contributed by atoms with E-state index in [0.717, 1.165) is 25.9 Å². The Hall–Kier alpha value is -1.78. The molecule has 0 radical (unpaired) electrons. The Labute approximate surface area is 107 Å². The third-order valence-corrected chi connectivity index (χ3v) is 2.85. The predicted molar refractivity (Wildman–Crippen MR) is 69.6 cm³/mol. The molecule has 0 spiro atoms. The number of nitrogens with two attached hydrogens (primary N) is 1. The highest BCUT2D eigenvalue weighted by Crippen LogP contribution is 2.22. The fourth-order valence-corrected chi connectivity index (χ4v) is 2.02. The Morgan fingerprint density at radius 3 is 2.67 bits per heavy atom. The lowest BCUT2D eigenvalue weighted by atomic mass is 10.2. The van der Waals surface area contributed by atoms with Gasteiger partial charge in [-0.3, -0.25) is 4.79 Å². The second kappa shape index (κ2) is 5.25. The number of nitrogen functional groups attached to an aromatic ring is 1. The van der Waals surface area contributed by atoms with Crippen LogP contribution in [0.4, 0.5) is 5.82 Å². The molecule has 2 rings (SSSR count). The van der Waals surface area contributed by atoms with Crippen molar-refractivity contribution in [3.05, 3.63) is 17.7 Å². The van der Waals surface area contributed by atoms with Crippen LogP contribution in [0.5, 0.6) is 5.88 Å². The van der Waals surface area contributed by atoms with Crippen LogP contribution < -0.4 is 10.5 Å². The molecular formula is C13H19N3O2. The number of hydrogen-bond donors (Lipinski definition) is 1. The van der Waals surface area contributed by atoms with Crippen molar-refractivity contribution < 1.29 is 9.53 Å². The number of pyridine rings is 1. The molecule has 1 aromatic heterocycles. The molecule has 1 fully saturated rings. The minimum absolute atomic E-state index is 0.0179. The molecule has 0 bridgehead atoms. The molecule has 1 amide bonds. The van der Waals surface area contributed by atoms with Gasteiger partial charge in [-0.2, -0.15) is 4.98 Å². The Balaban J connectivity index is 2.27. The van der Waals surface area contributed by atoms with Gasteiger partial charge in [0.25, 0.3) is 5.91 Å². The van der Waals surface area contributed by atoms with Crippen LogP contribution in [-0.4, -0.2) is 35.0 Å². The highest BCUT2D eigenvalue weighted by Gasteiger charge is 2.23. The lowest BCUT2D eigenvalue weighted by molar-refractivity contribution is 0.0785. The minimum Gasteiger partial charge on any atom is -0.474 e. The Bertz CT molecular complexity index is 440. The molecule has 1 saturated heterocycles. The second-order valence-corrected chi connectivity index (χ2v) is 4.75. The number of carbonyl (C=O) groups excluding carboxylic acids is 1. The SMILES string of the molecule is CC(C)Oc1nc(N)ccc1C(=O)N1CCCC1. The lowest BCUT2D eigenvalue weighted by Gasteiger charge is -2.18. The van der Waals surface area contributed by atoms with E-state index in [1.54, 1.807) is 12.1 Å². The van der Waals surface area contributed by atoms with E-state index >= 15 is 0 Å². The first-order chi connectivity index (χ1) is 8.58. The zero-order valence-corrected chi connectivity index (χ0v) is 10.8. The van der Waals surface area contributed by atoms with Crippen LogP contribution in [0, 0.1) is 0 Å². The molecule has 0 unspecified atom stereocenters. The number of likely N-dealkylation sites (tertiary alicyclic amines) is 1. The summed E-state index contributed by atoms with van der Waals surface area (Å²) >= 11 is 0. The van der Waals surface area contributed by atoms with E-state index < -0.39 is 0 Å². The van der Waals surface area contributed by atoms with Gasteiger partial charge in [0, 0.05) is 13.1 Å². The third kappa shape index (κ3) is 2.72. The number of rotatable bonds is 3. The predicted octanol–water partition coefficient (Wildman–Crippen LogP) is 1.69. The maximum atomic E-state index is 12.3. The van der Waals surface area contributed by atoms with Crippen LogP contribution in [0.25, 0.3) is 0 Å². The zero-order chi connectivity index (χ0) is 13.1. The second-order valence-electron chi connectivity index (χ2n) is 4.75. The number of nitrogens with zero attached hydrogens (tertiary/aromatic N) is 2. The molecule has 1 aliphatic heterocycles. The molecule has 0 aliphatic carbocycles. The van der Waals surface area contributed by atoms with E-state index in [0.29, 0.717) is 17.3 Å². The summed E-state index contributed by atoms with van der Waals surface area (Å²) < 4.78 is 5.57. The van der Waals surface area contributed by atoms with E-state index in [9.17, 15) is 4.79 Å². The number of carbonyl (C=O) groups is 1. The highest BCUT2D eigenvalue weighted by atomic mass is 16.5. The molecule has 0 atom stereocenters. The Kier molecular flexibility index (Phi) is 3.69. The summed E-state index contributed by atoms with van der Waals surface area (Å²) in [7, 11) is 0. The maximum Gasteiger partial charge on any atom is 0.259 e. The van der Waals surface area contributed by atoms with Crippen LogP contribution in [-0.2, 0) is 0 Å². The number of ether oxygens (including phenoxy) is 1. The van der Waals surface area contributed by atoms with Crippen molar-refractivity contribution >= 4 is 11.7 Å². The van der Waals surface area contributed by atoms with Gasteiger partial charge in [-0.25, -0.2) is 0 Å². The topological polar surface area (TPSA) is 68.5 Å². The van der Waals surface area contributed by atoms with Gasteiger partial charge in [0.15, 0.2) is 0 Å². The largest absolute Gasteiger partial charge is 0.474 e. The van der Waals surface area contributed by atoms with Crippen LogP contribution >= 0.6 is 0 Å². The zero-order valence-electron chi connectivity index (χ0n) is 10.8. The van der Waals surface area contributed by atoms with Crippen molar-refractivity contribution in [2.45, 2.75) is 32.8 Å². The fraction of sp³-hybridized carbons (Fsp3) is 0.538. The fourth-order valence-electron chi connectivity index (χ4n) is 2.02. The first kappa shape index (κ1) is 12.7. The van der Waals surface area contributed by atoms with Gasteiger partial charge in [-0.1, -0.05) is 0 Å². The standard InChI is InChI=1S/C13H19N3O2/c1-9(2)18-12-10(5-6-11(14)15-12)13(17)16-7-3-4-8-16/h5-6,9H,3-4,7-8H2,1-2H3,(H2,14,15). The van der Waals surface area contributed by atoms with Gasteiger partial charge < -0.3 is 15.4 Å². The summed E-state index contributed by atoms with van der Waals surface area (Å²) in [6.07, 6.45) is 2.09. The van der Waals surface area contributed by atoms with Crippen molar-refractivity contribution in [1.29, 1.82) is 0 Å². The van der Waals surface area contributed by atoms with Crippen molar-refractivity contribution in [2.75, 3.05) is 18.8 Å². The molecule has 1 aromatic rings. The molecule has 0 aromatic carbocycles.